The molecule has 2 atom stereocenters. The van der Waals surface area contributed by atoms with Crippen LogP contribution in [0.4, 0.5) is 0 Å². The molecule has 0 bridgehead atoms. The van der Waals surface area contributed by atoms with Gasteiger partial charge in [-0.05, 0) is 42.8 Å². The maximum atomic E-state index is 12.4. The largest absolute Gasteiger partial charge is 0.314 e. The Morgan fingerprint density at radius 1 is 1.40 bits per heavy atom. The van der Waals surface area contributed by atoms with E-state index in [1.807, 2.05) is 18.2 Å². The van der Waals surface area contributed by atoms with E-state index in [1.54, 1.807) is 11.3 Å². The molecule has 106 valence electrons. The topological polar surface area (TPSA) is 29.1 Å². The summed E-state index contributed by atoms with van der Waals surface area (Å²) < 4.78 is 1.21. The van der Waals surface area contributed by atoms with Gasteiger partial charge in [0.15, 0.2) is 5.78 Å². The molecular weight excluding hydrogens is 266 g/mol. The molecule has 0 amide bonds. The number of nitrogens with one attached hydrogen (secondary N) is 1. The Labute approximate surface area is 124 Å². The molecule has 1 saturated heterocycles. The lowest BCUT2D eigenvalue weighted by atomic mass is 9.88. The van der Waals surface area contributed by atoms with Crippen LogP contribution < -0.4 is 5.32 Å². The van der Waals surface area contributed by atoms with Gasteiger partial charge in [0, 0.05) is 17.2 Å². The monoisotopic (exact) mass is 287 g/mol. The Balaban J connectivity index is 1.69. The van der Waals surface area contributed by atoms with Crippen molar-refractivity contribution in [2.75, 3.05) is 6.54 Å². The van der Waals surface area contributed by atoms with Crippen molar-refractivity contribution in [3.05, 3.63) is 35.2 Å². The normalized spacial score (nSPS) is 23.1. The van der Waals surface area contributed by atoms with Gasteiger partial charge < -0.3 is 5.32 Å². The highest BCUT2D eigenvalue weighted by atomic mass is 32.1. The molecule has 0 radical (unpaired) electrons. The zero-order valence-electron chi connectivity index (χ0n) is 11.9. The Kier molecular flexibility index (Phi) is 4.18. The van der Waals surface area contributed by atoms with E-state index in [4.69, 9.17) is 0 Å². The number of fused-ring (bicyclic) bond motifs is 1. The Bertz CT molecular complexity index is 571. The maximum Gasteiger partial charge on any atom is 0.174 e. The predicted octanol–water partition coefficient (Wildman–Crippen LogP) is 4.25. The molecule has 1 aromatic carbocycles. The second kappa shape index (κ2) is 6.06. The molecule has 2 aromatic rings. The minimum Gasteiger partial charge on any atom is -0.314 e. The molecule has 1 aliphatic rings. The molecule has 20 heavy (non-hydrogen) atoms. The summed E-state index contributed by atoms with van der Waals surface area (Å²) in [5.41, 5.74) is 0. The van der Waals surface area contributed by atoms with Gasteiger partial charge in [0.05, 0.1) is 4.88 Å². The van der Waals surface area contributed by atoms with E-state index in [-0.39, 0.29) is 0 Å². The molecule has 3 rings (SSSR count). The second-order valence-electron chi connectivity index (χ2n) is 5.73. The van der Waals surface area contributed by atoms with Gasteiger partial charge in [-0.25, -0.2) is 0 Å². The van der Waals surface area contributed by atoms with Gasteiger partial charge in [0.2, 0.25) is 0 Å². The van der Waals surface area contributed by atoms with Gasteiger partial charge in [-0.2, -0.15) is 0 Å². The zero-order valence-corrected chi connectivity index (χ0v) is 12.7. The lowest BCUT2D eigenvalue weighted by molar-refractivity contribution is 0.0961. The summed E-state index contributed by atoms with van der Waals surface area (Å²) in [4.78, 5) is 13.4. The molecule has 3 heteroatoms. The molecule has 2 heterocycles. The fourth-order valence-corrected chi connectivity index (χ4v) is 4.08. The van der Waals surface area contributed by atoms with Crippen LogP contribution in [0.1, 0.15) is 42.3 Å². The van der Waals surface area contributed by atoms with Crippen molar-refractivity contribution in [2.24, 2.45) is 5.92 Å². The highest BCUT2D eigenvalue weighted by Gasteiger charge is 2.23. The van der Waals surface area contributed by atoms with Crippen LogP contribution in [0.5, 0.6) is 0 Å². The van der Waals surface area contributed by atoms with Gasteiger partial charge >= 0.3 is 0 Å². The van der Waals surface area contributed by atoms with Crippen LogP contribution in [0.15, 0.2) is 30.3 Å². The lowest BCUT2D eigenvalue weighted by Gasteiger charge is -2.29. The van der Waals surface area contributed by atoms with Crippen molar-refractivity contribution in [3.63, 3.8) is 0 Å². The van der Waals surface area contributed by atoms with Gasteiger partial charge in [0.25, 0.3) is 0 Å². The van der Waals surface area contributed by atoms with Crippen LogP contribution in [-0.2, 0) is 0 Å². The number of benzene rings is 1. The quantitative estimate of drug-likeness (QED) is 0.852. The highest BCUT2D eigenvalue weighted by Crippen LogP contribution is 2.28. The predicted molar refractivity (Wildman–Crippen MR) is 85.6 cm³/mol. The van der Waals surface area contributed by atoms with Crippen LogP contribution in [0.2, 0.25) is 0 Å². The summed E-state index contributed by atoms with van der Waals surface area (Å²) in [6, 6.07) is 10.6. The average molecular weight is 287 g/mol. The molecule has 0 aliphatic carbocycles. The van der Waals surface area contributed by atoms with Crippen molar-refractivity contribution < 1.29 is 4.79 Å². The first kappa shape index (κ1) is 13.8. The summed E-state index contributed by atoms with van der Waals surface area (Å²) in [5.74, 6) is 1.08. The van der Waals surface area contributed by atoms with E-state index in [0.29, 0.717) is 18.2 Å². The van der Waals surface area contributed by atoms with Crippen molar-refractivity contribution in [1.29, 1.82) is 0 Å². The van der Waals surface area contributed by atoms with E-state index in [1.165, 1.54) is 22.9 Å². The molecule has 1 aliphatic heterocycles. The fraction of sp³-hybridized carbons (Fsp3) is 0.471. The number of hydrogen-bond donors (Lipinski definition) is 1. The van der Waals surface area contributed by atoms with Crippen LogP contribution in [-0.4, -0.2) is 18.4 Å². The number of hydrogen-bond acceptors (Lipinski definition) is 3. The molecule has 0 spiro atoms. The van der Waals surface area contributed by atoms with Gasteiger partial charge in [-0.15, -0.1) is 11.3 Å². The third kappa shape index (κ3) is 2.94. The van der Waals surface area contributed by atoms with Crippen LogP contribution in [0.25, 0.3) is 10.1 Å². The minimum absolute atomic E-state index is 0.292. The van der Waals surface area contributed by atoms with E-state index >= 15 is 0 Å². The Morgan fingerprint density at radius 3 is 3.05 bits per heavy atom. The number of rotatable bonds is 4. The standard InChI is InChI=1S/C17H21NOS/c1-2-12-7-8-18-14(9-12)11-15(19)17-10-13-5-3-4-6-16(13)20-17/h3-6,10,12,14,18H,2,7-9,11H2,1H3. The van der Waals surface area contributed by atoms with E-state index in [0.717, 1.165) is 23.8 Å². The van der Waals surface area contributed by atoms with Gasteiger partial charge in [-0.3, -0.25) is 4.79 Å². The number of thiophene rings is 1. The van der Waals surface area contributed by atoms with E-state index in [2.05, 4.69) is 24.4 Å². The minimum atomic E-state index is 0.292. The molecule has 1 fully saturated rings. The summed E-state index contributed by atoms with van der Waals surface area (Å²) in [6.07, 6.45) is 4.27. The highest BCUT2D eigenvalue weighted by molar-refractivity contribution is 7.20. The van der Waals surface area contributed by atoms with Crippen molar-refractivity contribution in [2.45, 2.75) is 38.6 Å². The van der Waals surface area contributed by atoms with Gasteiger partial charge in [0.1, 0.15) is 0 Å². The summed E-state index contributed by atoms with van der Waals surface area (Å²) in [5, 5.41) is 4.69. The summed E-state index contributed by atoms with van der Waals surface area (Å²) in [6.45, 7) is 3.31. The van der Waals surface area contributed by atoms with Crippen molar-refractivity contribution in [3.8, 4) is 0 Å². The summed E-state index contributed by atoms with van der Waals surface area (Å²) in [7, 11) is 0. The fourth-order valence-electron chi connectivity index (χ4n) is 3.07. The molecule has 1 N–H and O–H groups in total. The maximum absolute atomic E-state index is 12.4. The van der Waals surface area contributed by atoms with E-state index < -0.39 is 0 Å². The number of Topliss-reactive ketones (excluding diaryl/α,β-unsaturated/α-hetero) is 1. The molecular formula is C17H21NOS. The van der Waals surface area contributed by atoms with Crippen molar-refractivity contribution >= 4 is 27.2 Å². The zero-order chi connectivity index (χ0) is 13.9. The third-order valence-corrected chi connectivity index (χ3v) is 5.47. The number of ketones is 1. The number of carbonyl (C=O) groups excluding carboxylic acids is 1. The first-order valence-corrected chi connectivity index (χ1v) is 8.33. The number of piperidine rings is 1. The lowest BCUT2D eigenvalue weighted by Crippen LogP contribution is -2.39. The van der Waals surface area contributed by atoms with Crippen LogP contribution >= 0.6 is 11.3 Å². The smallest absolute Gasteiger partial charge is 0.174 e. The molecule has 2 nitrogen and oxygen atoms in total. The van der Waals surface area contributed by atoms with Crippen molar-refractivity contribution in [1.82, 2.24) is 5.32 Å². The first-order chi connectivity index (χ1) is 9.76. The molecule has 0 saturated carbocycles. The van der Waals surface area contributed by atoms with Crippen LogP contribution in [0.3, 0.4) is 0 Å². The molecule has 2 unspecified atom stereocenters. The Hall–Kier alpha value is -1.19. The Morgan fingerprint density at radius 2 is 2.25 bits per heavy atom. The average Bonchev–Trinajstić information content (AvgIpc) is 2.91. The van der Waals surface area contributed by atoms with E-state index in [9.17, 15) is 4.79 Å². The number of carbonyl (C=O) groups is 1. The van der Waals surface area contributed by atoms with Crippen LogP contribution in [0, 0.1) is 5.92 Å². The summed E-state index contributed by atoms with van der Waals surface area (Å²) >= 11 is 1.62. The second-order valence-corrected chi connectivity index (χ2v) is 6.81. The first-order valence-electron chi connectivity index (χ1n) is 7.51. The SMILES string of the molecule is CCC1CCNC(CC(=O)c2cc3ccccc3s2)C1. The third-order valence-electron chi connectivity index (χ3n) is 4.31. The van der Waals surface area contributed by atoms with Gasteiger partial charge in [-0.1, -0.05) is 31.5 Å². The molecule has 1 aromatic heterocycles.